The van der Waals surface area contributed by atoms with Crippen LogP contribution >= 0.6 is 0 Å². The van der Waals surface area contributed by atoms with Gasteiger partial charge in [-0.3, -0.25) is 4.79 Å². The van der Waals surface area contributed by atoms with Gasteiger partial charge in [0.05, 0.1) is 10.6 Å². The average Bonchev–Trinajstić information content (AvgIpc) is 2.72. The monoisotopic (exact) mass is 409 g/mol. The van der Waals surface area contributed by atoms with Gasteiger partial charge in [0.25, 0.3) is 15.9 Å². The lowest BCUT2D eigenvalue weighted by Gasteiger charge is -2.23. The van der Waals surface area contributed by atoms with Crippen LogP contribution in [0, 0.1) is 20.8 Å². The second-order valence-corrected chi connectivity index (χ2v) is 8.54. The molecule has 6 heteroatoms. The van der Waals surface area contributed by atoms with Crippen LogP contribution in [-0.2, 0) is 14.8 Å². The van der Waals surface area contributed by atoms with Crippen LogP contribution in [0.15, 0.2) is 77.7 Å². The lowest BCUT2D eigenvalue weighted by Crippen LogP contribution is -2.40. The number of amides is 1. The van der Waals surface area contributed by atoms with Gasteiger partial charge in [-0.05, 0) is 61.7 Å². The number of carbonyl (C=O) groups excluding carboxylic acids is 1. The molecule has 29 heavy (non-hydrogen) atoms. The number of nitrogens with zero attached hydrogens (tertiary/aromatic N) is 1. The van der Waals surface area contributed by atoms with Crippen molar-refractivity contribution in [2.45, 2.75) is 25.7 Å². The molecule has 5 nitrogen and oxygen atoms in total. The summed E-state index contributed by atoms with van der Waals surface area (Å²) in [4.78, 5) is 13.1. The minimum Gasteiger partial charge on any atom is -0.483 e. The lowest BCUT2D eigenvalue weighted by molar-refractivity contribution is -0.119. The van der Waals surface area contributed by atoms with Crippen LogP contribution < -0.4 is 9.04 Å². The van der Waals surface area contributed by atoms with Gasteiger partial charge in [-0.1, -0.05) is 48.5 Å². The fourth-order valence-corrected chi connectivity index (χ4v) is 4.45. The predicted molar refractivity (Wildman–Crippen MR) is 114 cm³/mol. The van der Waals surface area contributed by atoms with Crippen LogP contribution in [0.3, 0.4) is 0 Å². The summed E-state index contributed by atoms with van der Waals surface area (Å²) in [5.74, 6) is -0.0659. The first kappa shape index (κ1) is 20.6. The third kappa shape index (κ3) is 4.32. The molecule has 3 rings (SSSR count). The highest BCUT2D eigenvalue weighted by Crippen LogP contribution is 2.27. The Bertz CT molecular complexity index is 1110. The zero-order valence-electron chi connectivity index (χ0n) is 16.6. The molecule has 0 aliphatic carbocycles. The summed E-state index contributed by atoms with van der Waals surface area (Å²) in [6, 6.07) is 20.1. The van der Waals surface area contributed by atoms with Crippen molar-refractivity contribution in [3.05, 3.63) is 89.5 Å². The molecular formula is C23H23NO4S. The summed E-state index contributed by atoms with van der Waals surface area (Å²) in [7, 11) is -4.08. The number of anilines is 1. The Balaban J connectivity index is 1.96. The molecule has 0 aliphatic rings. The Labute approximate surface area is 171 Å². The molecule has 0 bridgehead atoms. The van der Waals surface area contributed by atoms with Gasteiger partial charge in [-0.2, -0.15) is 4.31 Å². The second kappa shape index (κ2) is 8.49. The van der Waals surface area contributed by atoms with E-state index in [9.17, 15) is 13.2 Å². The van der Waals surface area contributed by atoms with E-state index >= 15 is 0 Å². The maximum Gasteiger partial charge on any atom is 0.278 e. The average molecular weight is 410 g/mol. The van der Waals surface area contributed by atoms with Gasteiger partial charge >= 0.3 is 0 Å². The molecule has 0 aliphatic heterocycles. The number of benzene rings is 3. The van der Waals surface area contributed by atoms with Crippen molar-refractivity contribution in [3.8, 4) is 5.75 Å². The molecule has 0 atom stereocenters. The number of hydrogen-bond donors (Lipinski definition) is 0. The van der Waals surface area contributed by atoms with E-state index in [0.29, 0.717) is 5.75 Å². The molecule has 150 valence electrons. The maximum atomic E-state index is 13.2. The summed E-state index contributed by atoms with van der Waals surface area (Å²) in [6.45, 7) is 5.37. The standard InChI is InChI=1S/C23H23NO4S/c1-17-14-15-18(2)23(19(17)3)28-16-22(25)24(20-10-6-4-7-11-20)29(26,27)21-12-8-5-9-13-21/h4-15H,16H2,1-3H3. The molecule has 3 aromatic rings. The van der Waals surface area contributed by atoms with Crippen molar-refractivity contribution in [2.24, 2.45) is 0 Å². The zero-order chi connectivity index (χ0) is 21.0. The topological polar surface area (TPSA) is 63.7 Å². The maximum absolute atomic E-state index is 13.2. The zero-order valence-corrected chi connectivity index (χ0v) is 17.4. The van der Waals surface area contributed by atoms with E-state index in [1.54, 1.807) is 48.5 Å². The smallest absolute Gasteiger partial charge is 0.278 e. The number of carbonyl (C=O) groups is 1. The molecule has 0 radical (unpaired) electrons. The third-order valence-corrected chi connectivity index (χ3v) is 6.48. The quantitative estimate of drug-likeness (QED) is 0.605. The van der Waals surface area contributed by atoms with Gasteiger partial charge in [0.2, 0.25) is 0 Å². The van der Waals surface area contributed by atoms with E-state index in [-0.39, 0.29) is 10.6 Å². The van der Waals surface area contributed by atoms with E-state index in [4.69, 9.17) is 4.74 Å². The van der Waals surface area contributed by atoms with Crippen LogP contribution in [0.5, 0.6) is 5.75 Å². The fourth-order valence-electron chi connectivity index (χ4n) is 3.02. The second-order valence-electron chi connectivity index (χ2n) is 6.75. The van der Waals surface area contributed by atoms with E-state index in [1.807, 2.05) is 32.9 Å². The Kier molecular flexibility index (Phi) is 6.03. The van der Waals surface area contributed by atoms with E-state index in [2.05, 4.69) is 0 Å². The summed E-state index contributed by atoms with van der Waals surface area (Å²) < 4.78 is 33.0. The molecule has 0 unspecified atom stereocenters. The highest BCUT2D eigenvalue weighted by Gasteiger charge is 2.31. The van der Waals surface area contributed by atoms with Crippen molar-refractivity contribution in [3.63, 3.8) is 0 Å². The van der Waals surface area contributed by atoms with Gasteiger partial charge < -0.3 is 4.74 Å². The number of rotatable bonds is 6. The van der Waals surface area contributed by atoms with E-state index in [1.165, 1.54) is 12.1 Å². The van der Waals surface area contributed by atoms with Crippen LogP contribution in [-0.4, -0.2) is 20.9 Å². The molecule has 1 amide bonds. The lowest BCUT2D eigenvalue weighted by atomic mass is 10.1. The number of aryl methyl sites for hydroxylation is 2. The first-order valence-corrected chi connectivity index (χ1v) is 10.6. The SMILES string of the molecule is Cc1ccc(C)c(OCC(=O)N(c2ccccc2)S(=O)(=O)c2ccccc2)c1C. The first-order valence-electron chi connectivity index (χ1n) is 9.20. The Morgan fingerprint density at radius 2 is 1.38 bits per heavy atom. The molecule has 0 saturated heterocycles. The van der Waals surface area contributed by atoms with Crippen molar-refractivity contribution < 1.29 is 17.9 Å². The number of hydrogen-bond acceptors (Lipinski definition) is 4. The Hall–Kier alpha value is -3.12. The van der Waals surface area contributed by atoms with Gasteiger partial charge in [-0.25, -0.2) is 8.42 Å². The van der Waals surface area contributed by atoms with Crippen LogP contribution in [0.25, 0.3) is 0 Å². The molecule has 0 saturated carbocycles. The van der Waals surface area contributed by atoms with E-state index in [0.717, 1.165) is 21.0 Å². The van der Waals surface area contributed by atoms with Gasteiger partial charge in [0.1, 0.15) is 5.75 Å². The van der Waals surface area contributed by atoms with Crippen molar-refractivity contribution in [2.75, 3.05) is 10.9 Å². The molecule has 3 aromatic carbocycles. The minimum atomic E-state index is -4.08. The van der Waals surface area contributed by atoms with Gasteiger partial charge in [0, 0.05) is 0 Å². The Morgan fingerprint density at radius 3 is 2.00 bits per heavy atom. The number of ether oxygens (including phenoxy) is 1. The molecule has 0 aromatic heterocycles. The molecule has 0 fully saturated rings. The van der Waals surface area contributed by atoms with Crippen LogP contribution in [0.1, 0.15) is 16.7 Å². The molecule has 0 N–H and O–H groups in total. The highest BCUT2D eigenvalue weighted by molar-refractivity contribution is 7.93. The van der Waals surface area contributed by atoms with Crippen molar-refractivity contribution >= 4 is 21.6 Å². The van der Waals surface area contributed by atoms with Crippen LogP contribution in [0.2, 0.25) is 0 Å². The summed E-state index contributed by atoms with van der Waals surface area (Å²) in [5, 5.41) is 0. The van der Waals surface area contributed by atoms with Gasteiger partial charge in [0.15, 0.2) is 6.61 Å². The summed E-state index contributed by atoms with van der Waals surface area (Å²) >= 11 is 0. The Morgan fingerprint density at radius 1 is 0.828 bits per heavy atom. The number of sulfonamides is 1. The first-order chi connectivity index (χ1) is 13.8. The largest absolute Gasteiger partial charge is 0.483 e. The van der Waals surface area contributed by atoms with E-state index < -0.39 is 22.5 Å². The molecule has 0 spiro atoms. The summed E-state index contributed by atoms with van der Waals surface area (Å²) in [6.07, 6.45) is 0. The minimum absolute atomic E-state index is 0.0418. The summed E-state index contributed by atoms with van der Waals surface area (Å²) in [5.41, 5.74) is 3.12. The van der Waals surface area contributed by atoms with Crippen molar-refractivity contribution in [1.29, 1.82) is 0 Å². The third-order valence-electron chi connectivity index (χ3n) is 4.71. The molecule has 0 heterocycles. The van der Waals surface area contributed by atoms with Crippen LogP contribution in [0.4, 0.5) is 5.69 Å². The fraction of sp³-hybridized carbons (Fsp3) is 0.174. The normalized spacial score (nSPS) is 11.1. The van der Waals surface area contributed by atoms with Crippen molar-refractivity contribution in [1.82, 2.24) is 0 Å². The molecular weight excluding hydrogens is 386 g/mol. The highest BCUT2D eigenvalue weighted by atomic mass is 32.2. The number of para-hydroxylation sites is 1. The predicted octanol–water partition coefficient (Wildman–Crippen LogP) is 4.41. The van der Waals surface area contributed by atoms with Gasteiger partial charge in [-0.15, -0.1) is 0 Å².